The molecule has 27 heavy (non-hydrogen) atoms. The Morgan fingerprint density at radius 3 is 2.59 bits per heavy atom. The number of halogens is 2. The number of aliphatic hydroxyl groups is 1. The maximum absolute atomic E-state index is 9.57. The van der Waals surface area contributed by atoms with Crippen molar-refractivity contribution in [1.29, 1.82) is 5.26 Å². The first-order valence-electron chi connectivity index (χ1n) is 8.29. The Bertz CT molecular complexity index is 830. The molecule has 0 unspecified atom stereocenters. The number of unbranched alkanes of at least 4 members (excludes halogenated alkanes) is 2. The molecule has 0 aliphatic heterocycles. The van der Waals surface area contributed by atoms with E-state index in [1.807, 2.05) is 0 Å². The highest BCUT2D eigenvalue weighted by atomic mass is 35.5. The van der Waals surface area contributed by atoms with Crippen LogP contribution >= 0.6 is 23.2 Å². The maximum Gasteiger partial charge on any atom is 0.256 e. The lowest BCUT2D eigenvalue weighted by Gasteiger charge is -2.11. The average molecular weight is 408 g/mol. The number of hydrogen-bond acceptors (Lipinski definition) is 6. The third kappa shape index (κ3) is 5.83. The molecule has 0 aromatic carbocycles. The predicted molar refractivity (Wildman–Crippen MR) is 105 cm³/mol. The molecule has 0 fully saturated rings. The van der Waals surface area contributed by atoms with Crippen LogP contribution in [0.25, 0.3) is 11.6 Å². The van der Waals surface area contributed by atoms with E-state index in [0.717, 1.165) is 19.3 Å². The minimum atomic E-state index is 0.164. The quantitative estimate of drug-likeness (QED) is 0.489. The summed E-state index contributed by atoms with van der Waals surface area (Å²) in [5, 5.41) is 19.1. The van der Waals surface area contributed by atoms with Crippen LogP contribution in [0.3, 0.4) is 0 Å². The van der Waals surface area contributed by atoms with E-state index >= 15 is 0 Å². The molecule has 6 nitrogen and oxygen atoms in total. The second kappa shape index (κ2) is 10.7. The topological polar surface area (TPSA) is 88.3 Å². The van der Waals surface area contributed by atoms with E-state index in [1.165, 1.54) is 25.7 Å². The Balaban J connectivity index is 2.29. The number of methoxy groups -OCH3 is 1. The summed E-state index contributed by atoms with van der Waals surface area (Å²) in [5.74, 6) is 0.769. The summed E-state index contributed by atoms with van der Waals surface area (Å²) in [5.41, 5.74) is 1.38. The molecule has 0 saturated carbocycles. The van der Waals surface area contributed by atoms with Gasteiger partial charge in [0.05, 0.1) is 35.4 Å². The first-order chi connectivity index (χ1) is 13.1. The molecule has 0 radical (unpaired) electrons. The van der Waals surface area contributed by atoms with Crippen LogP contribution in [-0.2, 0) is 0 Å². The largest absolute Gasteiger partial charge is 0.488 e. The number of hydrogen-bond donors (Lipinski definition) is 1. The van der Waals surface area contributed by atoms with Crippen LogP contribution in [0.15, 0.2) is 24.7 Å². The molecule has 0 atom stereocenters. The fraction of sp³-hybridized carbons (Fsp3) is 0.316. The Morgan fingerprint density at radius 1 is 1.22 bits per heavy atom. The van der Waals surface area contributed by atoms with Crippen LogP contribution in [0.5, 0.6) is 11.6 Å². The third-order valence-corrected chi connectivity index (χ3v) is 4.28. The van der Waals surface area contributed by atoms with E-state index in [0.29, 0.717) is 45.0 Å². The Morgan fingerprint density at radius 2 is 1.96 bits per heavy atom. The first kappa shape index (κ1) is 21.0. The molecule has 142 valence electrons. The number of aliphatic hydroxyl groups excluding tert-OH is 1. The molecule has 0 spiro atoms. The molecule has 2 heterocycles. The number of rotatable bonds is 9. The van der Waals surface area contributed by atoms with Gasteiger partial charge in [0.15, 0.2) is 5.75 Å². The number of nitriles is 1. The van der Waals surface area contributed by atoms with Crippen molar-refractivity contribution in [3.63, 3.8) is 0 Å². The molecular weight excluding hydrogens is 389 g/mol. The van der Waals surface area contributed by atoms with Crippen molar-refractivity contribution < 1.29 is 14.6 Å². The molecular formula is C19H19Cl2N3O3. The van der Waals surface area contributed by atoms with Crippen LogP contribution in [0.4, 0.5) is 0 Å². The van der Waals surface area contributed by atoms with Gasteiger partial charge in [-0.25, -0.2) is 4.98 Å². The minimum absolute atomic E-state index is 0.164. The second-order valence-corrected chi connectivity index (χ2v) is 6.37. The highest BCUT2D eigenvalue weighted by Crippen LogP contribution is 2.31. The Labute approximate surface area is 168 Å². The monoisotopic (exact) mass is 407 g/mol. The van der Waals surface area contributed by atoms with E-state index in [2.05, 4.69) is 16.0 Å². The zero-order valence-corrected chi connectivity index (χ0v) is 16.3. The predicted octanol–water partition coefficient (Wildman–Crippen LogP) is 4.40. The lowest BCUT2D eigenvalue weighted by Crippen LogP contribution is -2.02. The zero-order chi connectivity index (χ0) is 19.6. The van der Waals surface area contributed by atoms with Crippen molar-refractivity contribution >= 4 is 34.9 Å². The number of aromatic nitrogens is 2. The highest BCUT2D eigenvalue weighted by Gasteiger charge is 2.12. The van der Waals surface area contributed by atoms with E-state index in [1.54, 1.807) is 12.1 Å². The number of ether oxygens (including phenoxy) is 2. The molecule has 2 aromatic heterocycles. The van der Waals surface area contributed by atoms with Crippen molar-refractivity contribution in [1.82, 2.24) is 9.97 Å². The Kier molecular flexibility index (Phi) is 8.34. The molecule has 0 aliphatic carbocycles. The summed E-state index contributed by atoms with van der Waals surface area (Å²) in [6.45, 7) is 0.617. The summed E-state index contributed by atoms with van der Waals surface area (Å²) in [6, 6.07) is 3.82. The lowest BCUT2D eigenvalue weighted by molar-refractivity contribution is 0.258. The molecule has 2 rings (SSSR count). The van der Waals surface area contributed by atoms with Crippen molar-refractivity contribution in [3.05, 3.63) is 45.8 Å². The van der Waals surface area contributed by atoms with Gasteiger partial charge in [-0.1, -0.05) is 23.2 Å². The van der Waals surface area contributed by atoms with Gasteiger partial charge in [-0.05, 0) is 31.4 Å². The molecule has 0 aliphatic rings. The maximum atomic E-state index is 9.57. The summed E-state index contributed by atoms with van der Waals surface area (Å²) >= 11 is 12.3. The van der Waals surface area contributed by atoms with Gasteiger partial charge in [-0.15, -0.1) is 0 Å². The average Bonchev–Trinajstić information content (AvgIpc) is 2.67. The van der Waals surface area contributed by atoms with Gasteiger partial charge in [0.1, 0.15) is 0 Å². The highest BCUT2D eigenvalue weighted by molar-refractivity contribution is 6.37. The van der Waals surface area contributed by atoms with Crippen molar-refractivity contribution in [2.45, 2.75) is 19.3 Å². The molecule has 0 bridgehead atoms. The smallest absolute Gasteiger partial charge is 0.256 e. The number of allylic oxidation sites excluding steroid dienone is 1. The van der Waals surface area contributed by atoms with E-state index in [-0.39, 0.29) is 6.61 Å². The number of pyridine rings is 2. The van der Waals surface area contributed by atoms with Crippen LogP contribution < -0.4 is 9.47 Å². The van der Waals surface area contributed by atoms with Gasteiger partial charge in [0.2, 0.25) is 0 Å². The standard InChI is InChI=1S/C19H19Cl2N3O3/c1-26-19-18(27-6-4-2-3-5-25)8-14(10-24-19)13(9-22)7-15-16(20)11-23-12-17(15)21/h7-8,10-12,25H,2-6H2,1H3/b13-7+. The fourth-order valence-electron chi connectivity index (χ4n) is 2.29. The third-order valence-electron chi connectivity index (χ3n) is 3.68. The summed E-state index contributed by atoms with van der Waals surface area (Å²) in [4.78, 5) is 8.11. The van der Waals surface area contributed by atoms with Gasteiger partial charge < -0.3 is 14.6 Å². The fourth-order valence-corrected chi connectivity index (χ4v) is 2.77. The molecule has 8 heteroatoms. The normalized spacial score (nSPS) is 11.1. The number of nitrogens with zero attached hydrogens (tertiary/aromatic N) is 3. The van der Waals surface area contributed by atoms with E-state index in [9.17, 15) is 5.26 Å². The lowest BCUT2D eigenvalue weighted by atomic mass is 10.1. The van der Waals surface area contributed by atoms with Crippen LogP contribution in [0.2, 0.25) is 10.0 Å². The van der Waals surface area contributed by atoms with Gasteiger partial charge in [0.25, 0.3) is 5.88 Å². The van der Waals surface area contributed by atoms with Gasteiger partial charge in [-0.3, -0.25) is 4.98 Å². The summed E-state index contributed by atoms with van der Waals surface area (Å²) in [7, 11) is 1.50. The van der Waals surface area contributed by atoms with Gasteiger partial charge in [-0.2, -0.15) is 5.26 Å². The van der Waals surface area contributed by atoms with Crippen LogP contribution in [0, 0.1) is 11.3 Å². The van der Waals surface area contributed by atoms with Crippen molar-refractivity contribution in [2.24, 2.45) is 0 Å². The molecule has 1 N–H and O–H groups in total. The second-order valence-electron chi connectivity index (χ2n) is 5.55. The first-order valence-corrected chi connectivity index (χ1v) is 9.05. The SMILES string of the molecule is COc1ncc(/C(C#N)=C/c2c(Cl)cncc2Cl)cc1OCCCCCO. The molecule has 2 aromatic rings. The summed E-state index contributed by atoms with van der Waals surface area (Å²) in [6.07, 6.45) is 8.40. The zero-order valence-electron chi connectivity index (χ0n) is 14.8. The van der Waals surface area contributed by atoms with E-state index in [4.69, 9.17) is 37.8 Å². The molecule has 0 amide bonds. The summed E-state index contributed by atoms with van der Waals surface area (Å²) < 4.78 is 11.0. The van der Waals surface area contributed by atoms with Crippen molar-refractivity contribution in [2.75, 3.05) is 20.3 Å². The Hall–Kier alpha value is -2.33. The van der Waals surface area contributed by atoms with Crippen molar-refractivity contribution in [3.8, 4) is 17.7 Å². The van der Waals surface area contributed by atoms with Crippen LogP contribution in [-0.4, -0.2) is 35.4 Å². The minimum Gasteiger partial charge on any atom is -0.488 e. The van der Waals surface area contributed by atoms with Gasteiger partial charge in [0, 0.05) is 36.3 Å². The molecule has 0 saturated heterocycles. The van der Waals surface area contributed by atoms with E-state index < -0.39 is 0 Å². The van der Waals surface area contributed by atoms with Crippen LogP contribution in [0.1, 0.15) is 30.4 Å². The van der Waals surface area contributed by atoms with Gasteiger partial charge >= 0.3 is 0 Å².